The molecule has 0 rings (SSSR count). The smallest absolute Gasteiger partial charge is 0.361 e. The van der Waals surface area contributed by atoms with Crippen molar-refractivity contribution in [2.45, 2.75) is 193 Å². The van der Waals surface area contributed by atoms with E-state index in [1.165, 1.54) is 6.42 Å². The number of nitrogens with zero attached hydrogens (tertiary/aromatic N) is 1. The molecule has 9 nitrogen and oxygen atoms in total. The van der Waals surface area contributed by atoms with Gasteiger partial charge in [-0.3, -0.25) is 9.59 Å². The highest BCUT2D eigenvalue weighted by molar-refractivity contribution is 5.71. The molecule has 430 valence electrons. The largest absolute Gasteiger partial charge is 0.477 e. The normalized spacial score (nSPS) is 14.0. The molecule has 0 aromatic carbocycles. The average Bonchev–Trinajstić information content (AvgIpc) is 3.40. The number of esters is 2. The van der Waals surface area contributed by atoms with Crippen molar-refractivity contribution in [1.82, 2.24) is 0 Å². The van der Waals surface area contributed by atoms with Gasteiger partial charge in [-0.15, -0.1) is 0 Å². The summed E-state index contributed by atoms with van der Waals surface area (Å²) in [6, 6.07) is 0. The Bertz CT molecular complexity index is 1860. The van der Waals surface area contributed by atoms with Crippen molar-refractivity contribution in [2.24, 2.45) is 0 Å². The van der Waals surface area contributed by atoms with E-state index in [0.29, 0.717) is 23.9 Å². The quantitative estimate of drug-likeness (QED) is 0.0211. The van der Waals surface area contributed by atoms with E-state index in [1.54, 1.807) is 0 Å². The van der Waals surface area contributed by atoms with Crippen molar-refractivity contribution in [3.05, 3.63) is 170 Å². The molecule has 2 atom stereocenters. The summed E-state index contributed by atoms with van der Waals surface area (Å²) in [5, 5.41) is 9.68. The highest BCUT2D eigenvalue weighted by Gasteiger charge is 2.25. The fourth-order valence-corrected chi connectivity index (χ4v) is 6.97. The molecule has 0 saturated heterocycles. The van der Waals surface area contributed by atoms with Crippen LogP contribution in [0.2, 0.25) is 0 Å². The SMILES string of the molecule is CC/C=C\C/C=C\C/C=C\C/C=C\C/C=C\C/C=C\C/C=C\C/C=C\C/C=C\C/C=C\C/C=C\C/C=C\CCCCC(=O)OC(COC(=O)CCCCCCC/C=C\C/C=C\CCC)COC(OCC[N+](C)(C)C)C(=O)O. The number of hydrogen-bond donors (Lipinski definition) is 1. The van der Waals surface area contributed by atoms with Crippen LogP contribution in [-0.2, 0) is 33.3 Å². The molecule has 0 heterocycles. The minimum Gasteiger partial charge on any atom is -0.477 e. The number of rotatable bonds is 51. The Hall–Kier alpha value is -5.35. The monoisotopic (exact) mass is 1060 g/mol. The molecule has 0 aliphatic carbocycles. The minimum absolute atomic E-state index is 0.167. The highest BCUT2D eigenvalue weighted by Crippen LogP contribution is 2.12. The maximum Gasteiger partial charge on any atom is 0.361 e. The Kier molecular flexibility index (Phi) is 52.9. The zero-order valence-corrected chi connectivity index (χ0v) is 48.8. The Balaban J connectivity index is 4.31. The van der Waals surface area contributed by atoms with Crippen LogP contribution in [-0.4, -0.2) is 87.4 Å². The number of likely N-dealkylation sites (N-methyl/N-ethyl adjacent to an activating group) is 1. The third kappa shape index (κ3) is 58.2. The Morgan fingerprint density at radius 3 is 1.13 bits per heavy atom. The van der Waals surface area contributed by atoms with E-state index >= 15 is 0 Å². The number of carbonyl (C=O) groups is 3. The molecule has 0 aliphatic rings. The van der Waals surface area contributed by atoms with Gasteiger partial charge in [0.2, 0.25) is 0 Å². The predicted octanol–water partition coefficient (Wildman–Crippen LogP) is 17.6. The summed E-state index contributed by atoms with van der Waals surface area (Å²) >= 11 is 0. The Labute approximate surface area is 469 Å². The lowest BCUT2D eigenvalue weighted by Gasteiger charge is -2.25. The summed E-state index contributed by atoms with van der Waals surface area (Å²) < 4.78 is 22.7. The van der Waals surface area contributed by atoms with Crippen LogP contribution in [0.4, 0.5) is 0 Å². The molecule has 0 aromatic heterocycles. The molecule has 0 saturated carbocycles. The van der Waals surface area contributed by atoms with Gasteiger partial charge in [-0.25, -0.2) is 4.79 Å². The first-order valence-corrected chi connectivity index (χ1v) is 29.3. The number of allylic oxidation sites excluding steroid dienone is 28. The van der Waals surface area contributed by atoms with Crippen molar-refractivity contribution in [1.29, 1.82) is 0 Å². The zero-order valence-electron chi connectivity index (χ0n) is 48.8. The topological polar surface area (TPSA) is 108 Å². The molecule has 0 aliphatic heterocycles. The lowest BCUT2D eigenvalue weighted by Crippen LogP contribution is -2.40. The second-order valence-electron chi connectivity index (χ2n) is 19.9. The van der Waals surface area contributed by atoms with Crippen LogP contribution in [0, 0.1) is 0 Å². The van der Waals surface area contributed by atoms with Crippen LogP contribution in [0.1, 0.15) is 181 Å². The van der Waals surface area contributed by atoms with Crippen LogP contribution in [0.3, 0.4) is 0 Å². The second kappa shape index (κ2) is 56.8. The van der Waals surface area contributed by atoms with E-state index in [2.05, 4.69) is 184 Å². The first-order valence-electron chi connectivity index (χ1n) is 29.3. The molecule has 0 fully saturated rings. The van der Waals surface area contributed by atoms with E-state index in [-0.39, 0.29) is 38.6 Å². The van der Waals surface area contributed by atoms with Crippen LogP contribution in [0.25, 0.3) is 0 Å². The van der Waals surface area contributed by atoms with E-state index in [4.69, 9.17) is 18.9 Å². The maximum absolute atomic E-state index is 12.8. The number of unbranched alkanes of at least 4 members (excludes halogenated alkanes) is 8. The maximum atomic E-state index is 12.8. The number of ether oxygens (including phenoxy) is 4. The lowest BCUT2D eigenvalue weighted by atomic mass is 10.1. The zero-order chi connectivity index (χ0) is 56.2. The van der Waals surface area contributed by atoms with E-state index in [9.17, 15) is 19.5 Å². The number of hydrogen-bond acceptors (Lipinski definition) is 7. The number of carbonyl (C=O) groups excluding carboxylic acids is 2. The first kappa shape index (κ1) is 71.7. The minimum atomic E-state index is -1.54. The van der Waals surface area contributed by atoms with Gasteiger partial charge >= 0.3 is 17.9 Å². The molecule has 0 spiro atoms. The fraction of sp³-hybridized carbons (Fsp3) is 0.544. The van der Waals surface area contributed by atoms with Crippen molar-refractivity contribution in [2.75, 3.05) is 47.5 Å². The predicted molar refractivity (Wildman–Crippen MR) is 326 cm³/mol. The van der Waals surface area contributed by atoms with Gasteiger partial charge in [0, 0.05) is 12.8 Å². The molecule has 9 heteroatoms. The van der Waals surface area contributed by atoms with Gasteiger partial charge in [-0.2, -0.15) is 0 Å². The van der Waals surface area contributed by atoms with Crippen molar-refractivity contribution >= 4 is 17.9 Å². The molecule has 0 aromatic rings. The molecule has 77 heavy (non-hydrogen) atoms. The van der Waals surface area contributed by atoms with Crippen molar-refractivity contribution in [3.63, 3.8) is 0 Å². The number of carboxylic acids is 1. The van der Waals surface area contributed by atoms with Gasteiger partial charge in [-0.05, 0) is 128 Å². The Morgan fingerprint density at radius 2 is 0.740 bits per heavy atom. The number of carboxylic acid groups (broad SMARTS) is 1. The van der Waals surface area contributed by atoms with Crippen molar-refractivity contribution < 1.29 is 42.9 Å². The standard InChI is InChI=1S/C68H105NO8/c1-6-8-10-12-14-16-18-20-21-22-23-24-25-26-27-28-29-30-31-32-33-34-35-36-37-38-39-40-41-42-43-44-45-47-49-51-53-55-57-59-66(71)77-64(63-76-68(67(72)73)74-61-60-69(3,4)5)62-75-65(70)58-56-54-52-50-48-46-19-17-15-13-11-9-7-2/h8,10-11,13-14,16-17,19-21,23-24,26-27,29-30,32-33,35-36,38-39,41-42,44-45,49,51,64,68H,6-7,9,12,15,18,22,25,28,31,34,37,40,43,46-48,50,52-63H2,1-5H3/p+1/b10-8-,13-11-,16-14-,19-17-,21-20-,24-23-,27-26-,30-29-,33-32-,36-35-,39-38-,42-41-,45-44-,51-49-. The van der Waals surface area contributed by atoms with Crippen molar-refractivity contribution in [3.8, 4) is 0 Å². The highest BCUT2D eigenvalue weighted by atomic mass is 16.7. The second-order valence-corrected chi connectivity index (χ2v) is 19.9. The van der Waals surface area contributed by atoms with Gasteiger partial charge in [0.15, 0.2) is 6.10 Å². The Morgan fingerprint density at radius 1 is 0.403 bits per heavy atom. The van der Waals surface area contributed by atoms with E-state index in [1.807, 2.05) is 21.1 Å². The fourth-order valence-electron chi connectivity index (χ4n) is 6.97. The summed E-state index contributed by atoms with van der Waals surface area (Å²) in [5.74, 6) is -2.11. The summed E-state index contributed by atoms with van der Waals surface area (Å²) in [5.41, 5.74) is 0. The van der Waals surface area contributed by atoms with Gasteiger partial charge in [0.05, 0.1) is 34.4 Å². The first-order chi connectivity index (χ1) is 37.6. The molecule has 2 unspecified atom stereocenters. The summed E-state index contributed by atoms with van der Waals surface area (Å²) in [6.07, 6.45) is 83.1. The summed E-state index contributed by atoms with van der Waals surface area (Å²) in [6.45, 7) is 4.58. The van der Waals surface area contributed by atoms with Gasteiger partial charge in [-0.1, -0.05) is 210 Å². The molecule has 0 amide bonds. The van der Waals surface area contributed by atoms with E-state index < -0.39 is 24.3 Å². The molecular weight excluding hydrogens is 959 g/mol. The summed E-state index contributed by atoms with van der Waals surface area (Å²) in [7, 11) is 5.93. The third-order valence-electron chi connectivity index (χ3n) is 11.4. The van der Waals surface area contributed by atoms with Gasteiger partial charge < -0.3 is 28.5 Å². The van der Waals surface area contributed by atoms with Crippen LogP contribution >= 0.6 is 0 Å². The number of aliphatic carboxylic acids is 1. The third-order valence-corrected chi connectivity index (χ3v) is 11.4. The molecule has 0 radical (unpaired) electrons. The van der Waals surface area contributed by atoms with Gasteiger partial charge in [0.1, 0.15) is 13.2 Å². The molecular formula is C68H106NO8+. The molecule has 0 bridgehead atoms. The molecule has 1 N–H and O–H groups in total. The van der Waals surface area contributed by atoms with Crippen LogP contribution in [0.15, 0.2) is 170 Å². The van der Waals surface area contributed by atoms with Gasteiger partial charge in [0.25, 0.3) is 6.29 Å². The van der Waals surface area contributed by atoms with Crippen LogP contribution < -0.4 is 0 Å². The van der Waals surface area contributed by atoms with Crippen LogP contribution in [0.5, 0.6) is 0 Å². The summed E-state index contributed by atoms with van der Waals surface area (Å²) in [4.78, 5) is 37.3. The lowest BCUT2D eigenvalue weighted by molar-refractivity contribution is -0.870. The number of quaternary nitrogens is 1. The average molecular weight is 1070 g/mol. The van der Waals surface area contributed by atoms with E-state index in [0.717, 1.165) is 135 Å².